The third-order valence-electron chi connectivity index (χ3n) is 3.49. The second-order valence-electron chi connectivity index (χ2n) is 5.79. The summed E-state index contributed by atoms with van der Waals surface area (Å²) in [4.78, 5) is 24.1. The van der Waals surface area contributed by atoms with E-state index in [2.05, 4.69) is 20.8 Å². The number of aryl methyl sites for hydroxylation is 1. The summed E-state index contributed by atoms with van der Waals surface area (Å²) >= 11 is 2.54. The summed E-state index contributed by atoms with van der Waals surface area (Å²) in [6.07, 6.45) is 0.280. The highest BCUT2D eigenvalue weighted by Crippen LogP contribution is 2.25. The van der Waals surface area contributed by atoms with Crippen molar-refractivity contribution in [1.82, 2.24) is 10.2 Å². The van der Waals surface area contributed by atoms with E-state index in [1.54, 1.807) is 0 Å². The fourth-order valence-corrected chi connectivity index (χ4v) is 3.88. The van der Waals surface area contributed by atoms with Gasteiger partial charge in [-0.05, 0) is 30.2 Å². The van der Waals surface area contributed by atoms with Crippen molar-refractivity contribution in [3.05, 3.63) is 65.7 Å². The predicted octanol–water partition coefficient (Wildman–Crippen LogP) is 3.76. The van der Waals surface area contributed by atoms with Crippen LogP contribution in [0.2, 0.25) is 0 Å². The maximum atomic E-state index is 12.0. The van der Waals surface area contributed by atoms with Gasteiger partial charge in [-0.2, -0.15) is 0 Å². The number of thioether (sulfide) groups is 1. The van der Waals surface area contributed by atoms with Gasteiger partial charge < -0.3 is 10.6 Å². The Morgan fingerprint density at radius 2 is 1.81 bits per heavy atom. The number of rotatable bonds is 7. The van der Waals surface area contributed by atoms with E-state index < -0.39 is 0 Å². The molecule has 2 aromatic carbocycles. The highest BCUT2D eigenvalue weighted by Gasteiger charge is 2.11. The van der Waals surface area contributed by atoms with Crippen LogP contribution in [0.25, 0.3) is 0 Å². The zero-order valence-electron chi connectivity index (χ0n) is 14.6. The number of anilines is 2. The van der Waals surface area contributed by atoms with Crippen molar-refractivity contribution < 1.29 is 9.59 Å². The number of hydrogen-bond acceptors (Lipinski definition) is 6. The molecule has 0 aliphatic rings. The van der Waals surface area contributed by atoms with Gasteiger partial charge >= 0.3 is 0 Å². The van der Waals surface area contributed by atoms with Crippen molar-refractivity contribution in [2.75, 3.05) is 16.4 Å². The van der Waals surface area contributed by atoms with E-state index in [4.69, 9.17) is 0 Å². The molecular weight excluding hydrogens is 380 g/mol. The van der Waals surface area contributed by atoms with Gasteiger partial charge in [-0.25, -0.2) is 0 Å². The number of aromatic nitrogens is 2. The Balaban J connectivity index is 1.46. The van der Waals surface area contributed by atoms with Crippen LogP contribution in [-0.2, 0) is 16.0 Å². The maximum Gasteiger partial charge on any atom is 0.234 e. The van der Waals surface area contributed by atoms with E-state index >= 15 is 0 Å². The second kappa shape index (κ2) is 9.29. The van der Waals surface area contributed by atoms with Gasteiger partial charge in [0.05, 0.1) is 12.2 Å². The largest absolute Gasteiger partial charge is 0.325 e. The molecule has 3 rings (SSSR count). The third-order valence-corrected chi connectivity index (χ3v) is 5.46. The van der Waals surface area contributed by atoms with Gasteiger partial charge in [-0.3, -0.25) is 9.59 Å². The van der Waals surface area contributed by atoms with Crippen LogP contribution < -0.4 is 10.6 Å². The molecule has 0 unspecified atom stereocenters. The number of benzene rings is 2. The molecule has 27 heavy (non-hydrogen) atoms. The van der Waals surface area contributed by atoms with Crippen LogP contribution in [0.3, 0.4) is 0 Å². The summed E-state index contributed by atoms with van der Waals surface area (Å²) in [6, 6.07) is 17.1. The number of nitrogens with one attached hydrogen (secondary N) is 2. The van der Waals surface area contributed by atoms with Gasteiger partial charge in [-0.15, -0.1) is 10.2 Å². The lowest BCUT2D eigenvalue weighted by atomic mass is 10.1. The molecule has 2 N–H and O–H groups in total. The Hall–Kier alpha value is -2.71. The van der Waals surface area contributed by atoms with Crippen LogP contribution in [0.1, 0.15) is 11.1 Å². The molecule has 0 saturated heterocycles. The van der Waals surface area contributed by atoms with Crippen LogP contribution in [0, 0.1) is 6.92 Å². The Morgan fingerprint density at radius 3 is 2.59 bits per heavy atom. The molecule has 0 fully saturated rings. The summed E-state index contributed by atoms with van der Waals surface area (Å²) in [5.74, 6) is -0.0397. The molecule has 0 bridgehead atoms. The lowest BCUT2D eigenvalue weighted by Gasteiger charge is -2.04. The molecule has 0 atom stereocenters. The summed E-state index contributed by atoms with van der Waals surface area (Å²) < 4.78 is 0.629. The van der Waals surface area contributed by atoms with Gasteiger partial charge in [0.25, 0.3) is 0 Å². The summed E-state index contributed by atoms with van der Waals surface area (Å²) in [5, 5.41) is 14.0. The van der Waals surface area contributed by atoms with E-state index in [0.717, 1.165) is 16.8 Å². The molecular formula is C19H18N4O2S2. The standard InChI is InChI=1S/C19H18N4O2S2/c1-13-6-5-9-15(10-13)20-17(25)12-26-19-23-22-18(27-19)21-16(24)11-14-7-3-2-4-8-14/h2-10H,11-12H2,1H3,(H,20,25)(H,21,22,24). The number of carbonyl (C=O) groups is 2. The van der Waals surface area contributed by atoms with E-state index in [1.807, 2.05) is 61.5 Å². The zero-order valence-corrected chi connectivity index (χ0v) is 16.3. The van der Waals surface area contributed by atoms with Gasteiger partial charge in [0, 0.05) is 5.69 Å². The van der Waals surface area contributed by atoms with E-state index in [0.29, 0.717) is 9.47 Å². The van der Waals surface area contributed by atoms with Crippen LogP contribution in [-0.4, -0.2) is 27.8 Å². The lowest BCUT2D eigenvalue weighted by molar-refractivity contribution is -0.115. The molecule has 0 saturated carbocycles. The van der Waals surface area contributed by atoms with Crippen molar-refractivity contribution in [3.63, 3.8) is 0 Å². The Bertz CT molecular complexity index is 928. The average Bonchev–Trinajstić information content (AvgIpc) is 3.08. The van der Waals surface area contributed by atoms with E-state index in [-0.39, 0.29) is 24.0 Å². The smallest absolute Gasteiger partial charge is 0.234 e. The van der Waals surface area contributed by atoms with Crippen LogP contribution >= 0.6 is 23.1 Å². The summed E-state index contributed by atoms with van der Waals surface area (Å²) in [5.41, 5.74) is 2.79. The first-order valence-electron chi connectivity index (χ1n) is 8.25. The number of amides is 2. The fraction of sp³-hybridized carbons (Fsp3) is 0.158. The van der Waals surface area contributed by atoms with Gasteiger partial charge in [0.15, 0.2) is 4.34 Å². The number of hydrogen-bond donors (Lipinski definition) is 2. The molecule has 0 aliphatic heterocycles. The molecule has 3 aromatic rings. The highest BCUT2D eigenvalue weighted by molar-refractivity contribution is 8.01. The highest BCUT2D eigenvalue weighted by atomic mass is 32.2. The van der Waals surface area contributed by atoms with E-state index in [9.17, 15) is 9.59 Å². The molecule has 6 nitrogen and oxygen atoms in total. The van der Waals surface area contributed by atoms with Crippen LogP contribution in [0.15, 0.2) is 58.9 Å². The fourth-order valence-electron chi connectivity index (χ4n) is 2.31. The van der Waals surface area contributed by atoms with Gasteiger partial charge in [-0.1, -0.05) is 65.6 Å². The molecule has 2 amide bonds. The second-order valence-corrected chi connectivity index (χ2v) is 7.99. The predicted molar refractivity (Wildman–Crippen MR) is 109 cm³/mol. The SMILES string of the molecule is Cc1cccc(NC(=O)CSc2nnc(NC(=O)Cc3ccccc3)s2)c1. The van der Waals surface area contributed by atoms with E-state index in [1.165, 1.54) is 23.1 Å². The Kier molecular flexibility index (Phi) is 6.56. The molecule has 0 radical (unpaired) electrons. The quantitative estimate of drug-likeness (QED) is 0.468. The third kappa shape index (κ3) is 6.19. The molecule has 8 heteroatoms. The van der Waals surface area contributed by atoms with Crippen LogP contribution in [0.4, 0.5) is 10.8 Å². The normalized spacial score (nSPS) is 10.4. The molecule has 1 heterocycles. The molecule has 0 aliphatic carbocycles. The first-order valence-corrected chi connectivity index (χ1v) is 10.1. The number of carbonyl (C=O) groups excluding carboxylic acids is 2. The summed E-state index contributed by atoms with van der Waals surface area (Å²) in [6.45, 7) is 1.97. The van der Waals surface area contributed by atoms with Crippen molar-refractivity contribution in [2.24, 2.45) is 0 Å². The molecule has 1 aromatic heterocycles. The monoisotopic (exact) mass is 398 g/mol. The van der Waals surface area contributed by atoms with Crippen molar-refractivity contribution in [3.8, 4) is 0 Å². The van der Waals surface area contributed by atoms with Crippen LogP contribution in [0.5, 0.6) is 0 Å². The minimum Gasteiger partial charge on any atom is -0.325 e. The summed E-state index contributed by atoms with van der Waals surface area (Å²) in [7, 11) is 0. The first kappa shape index (κ1) is 19.1. The first-order chi connectivity index (χ1) is 13.1. The van der Waals surface area contributed by atoms with Gasteiger partial charge in [0.1, 0.15) is 0 Å². The zero-order chi connectivity index (χ0) is 19.1. The minimum absolute atomic E-state index is 0.115. The average molecular weight is 399 g/mol. The van der Waals surface area contributed by atoms with Gasteiger partial charge in [0.2, 0.25) is 16.9 Å². The molecule has 138 valence electrons. The lowest BCUT2D eigenvalue weighted by Crippen LogP contribution is -2.14. The van der Waals surface area contributed by atoms with Crippen molar-refractivity contribution in [2.45, 2.75) is 17.7 Å². The molecule has 0 spiro atoms. The topological polar surface area (TPSA) is 84.0 Å². The Labute approximate surface area is 165 Å². The maximum absolute atomic E-state index is 12.0. The number of nitrogens with zero attached hydrogens (tertiary/aromatic N) is 2. The van der Waals surface area contributed by atoms with Crippen molar-refractivity contribution >= 4 is 45.7 Å². The minimum atomic E-state index is -0.147. The van der Waals surface area contributed by atoms with Crippen molar-refractivity contribution in [1.29, 1.82) is 0 Å². The Morgan fingerprint density at radius 1 is 1.00 bits per heavy atom.